The number of alkyl halides is 3. The summed E-state index contributed by atoms with van der Waals surface area (Å²) in [6.45, 7) is 1.14. The molecule has 2 unspecified atom stereocenters. The van der Waals surface area contributed by atoms with Crippen molar-refractivity contribution in [1.29, 1.82) is 0 Å². The zero-order valence-corrected chi connectivity index (χ0v) is 18.3. The van der Waals surface area contributed by atoms with Crippen LogP contribution in [0, 0.1) is 6.92 Å². The Morgan fingerprint density at radius 2 is 1.59 bits per heavy atom. The van der Waals surface area contributed by atoms with Gasteiger partial charge in [0.25, 0.3) is 0 Å². The summed E-state index contributed by atoms with van der Waals surface area (Å²) in [5.41, 5.74) is 3.55. The van der Waals surface area contributed by atoms with Crippen LogP contribution in [0.4, 0.5) is 18.0 Å². The smallest absolute Gasteiger partial charge is 0.416 e. The molecule has 0 aliphatic heterocycles. The predicted octanol–water partition coefficient (Wildman–Crippen LogP) is 4.95. The first-order chi connectivity index (χ1) is 16.1. The number of fused-ring (bicyclic) bond motifs is 3. The van der Waals surface area contributed by atoms with Gasteiger partial charge in [-0.15, -0.1) is 0 Å². The van der Waals surface area contributed by atoms with Crippen LogP contribution in [0.2, 0.25) is 0 Å². The summed E-state index contributed by atoms with van der Waals surface area (Å²) in [6.07, 6.45) is -8.52. The number of carbonyl (C=O) groups excluding carboxylic acids is 1. The Labute approximate surface area is 194 Å². The van der Waals surface area contributed by atoms with Gasteiger partial charge in [-0.2, -0.15) is 13.2 Å². The van der Waals surface area contributed by atoms with Crippen LogP contribution >= 0.6 is 0 Å². The Morgan fingerprint density at radius 1 is 1.00 bits per heavy atom. The number of hydrogen-bond acceptors (Lipinski definition) is 4. The van der Waals surface area contributed by atoms with E-state index in [0.29, 0.717) is 5.56 Å². The van der Waals surface area contributed by atoms with E-state index in [9.17, 15) is 28.2 Å². The van der Waals surface area contributed by atoms with Crippen molar-refractivity contribution in [2.75, 3.05) is 13.2 Å². The molecule has 3 N–H and O–H groups in total. The molecule has 1 aliphatic rings. The molecule has 3 aromatic rings. The largest absolute Gasteiger partial charge is 0.449 e. The van der Waals surface area contributed by atoms with Crippen molar-refractivity contribution in [3.05, 3.63) is 94.5 Å². The summed E-state index contributed by atoms with van der Waals surface area (Å²) in [5.74, 6) is -0.137. The average molecular weight is 471 g/mol. The molecule has 34 heavy (non-hydrogen) atoms. The normalized spacial score (nSPS) is 14.8. The van der Waals surface area contributed by atoms with Crippen LogP contribution in [-0.2, 0) is 10.9 Å². The molecule has 0 radical (unpaired) electrons. The quantitative estimate of drug-likeness (QED) is 0.476. The lowest BCUT2D eigenvalue weighted by Crippen LogP contribution is -2.36. The van der Waals surface area contributed by atoms with E-state index >= 15 is 0 Å². The van der Waals surface area contributed by atoms with E-state index in [1.165, 1.54) is 13.0 Å². The van der Waals surface area contributed by atoms with Gasteiger partial charge in [0.15, 0.2) is 0 Å². The maximum absolute atomic E-state index is 13.0. The number of rotatable bonds is 6. The van der Waals surface area contributed by atoms with Gasteiger partial charge in [0.05, 0.1) is 5.56 Å². The van der Waals surface area contributed by atoms with Crippen molar-refractivity contribution in [3.8, 4) is 11.1 Å². The Kier molecular flexibility index (Phi) is 6.63. The second kappa shape index (κ2) is 9.48. The van der Waals surface area contributed by atoms with Crippen molar-refractivity contribution in [1.82, 2.24) is 5.32 Å². The van der Waals surface area contributed by atoms with Gasteiger partial charge in [-0.1, -0.05) is 60.2 Å². The fraction of sp³-hybridized carbons (Fsp3) is 0.269. The van der Waals surface area contributed by atoms with Gasteiger partial charge in [-0.3, -0.25) is 0 Å². The fourth-order valence-electron chi connectivity index (χ4n) is 4.32. The highest BCUT2D eigenvalue weighted by molar-refractivity contribution is 5.79. The Hall–Kier alpha value is -3.36. The third-order valence-electron chi connectivity index (χ3n) is 5.93. The zero-order valence-electron chi connectivity index (χ0n) is 18.3. The number of hydrogen-bond donors (Lipinski definition) is 3. The topological polar surface area (TPSA) is 78.8 Å². The molecule has 8 heteroatoms. The van der Waals surface area contributed by atoms with E-state index < -0.39 is 36.6 Å². The van der Waals surface area contributed by atoms with E-state index in [2.05, 4.69) is 5.32 Å². The number of benzene rings is 3. The predicted molar refractivity (Wildman–Crippen MR) is 120 cm³/mol. The van der Waals surface area contributed by atoms with Crippen LogP contribution in [0.3, 0.4) is 0 Å². The van der Waals surface area contributed by atoms with E-state index in [4.69, 9.17) is 4.74 Å². The Balaban J connectivity index is 1.36. The molecule has 5 nitrogen and oxygen atoms in total. The first-order valence-corrected chi connectivity index (χ1v) is 10.8. The number of amides is 1. The summed E-state index contributed by atoms with van der Waals surface area (Å²) in [7, 11) is 0. The molecule has 0 aromatic heterocycles. The minimum absolute atomic E-state index is 0.0747. The number of carbonyl (C=O) groups is 1. The second-order valence-electron chi connectivity index (χ2n) is 8.35. The number of aliphatic hydroxyl groups is 2. The Morgan fingerprint density at radius 3 is 2.18 bits per heavy atom. The summed E-state index contributed by atoms with van der Waals surface area (Å²) in [5, 5.41) is 22.9. The maximum Gasteiger partial charge on any atom is 0.416 e. The first kappa shape index (κ1) is 23.8. The molecule has 0 saturated heterocycles. The standard InChI is InChI=1S/C26H24F3NO4/c1-15-10-16(12-17(11-15)26(27,28)29)24(32)23(31)13-30-25(33)34-14-22-20-8-4-2-6-18(20)19-7-3-5-9-21(19)22/h2-12,22-24,31-32H,13-14H2,1H3,(H,30,33). The number of nitrogens with one attached hydrogen (secondary N) is 1. The van der Waals surface area contributed by atoms with Gasteiger partial charge in [0, 0.05) is 12.5 Å². The molecule has 1 aliphatic carbocycles. The van der Waals surface area contributed by atoms with Crippen LogP contribution in [-0.4, -0.2) is 35.6 Å². The van der Waals surface area contributed by atoms with E-state index in [-0.39, 0.29) is 18.1 Å². The Bertz CT molecular complexity index is 1150. The van der Waals surface area contributed by atoms with E-state index in [0.717, 1.165) is 34.4 Å². The minimum atomic E-state index is -4.58. The lowest BCUT2D eigenvalue weighted by atomic mass is 9.98. The molecule has 4 rings (SSSR count). The SMILES string of the molecule is Cc1cc(C(O)C(O)CNC(=O)OCC2c3ccccc3-c3ccccc32)cc(C(F)(F)F)c1. The van der Waals surface area contributed by atoms with E-state index in [1.54, 1.807) is 0 Å². The zero-order chi connectivity index (χ0) is 24.5. The van der Waals surface area contributed by atoms with Crippen LogP contribution in [0.1, 0.15) is 39.8 Å². The van der Waals surface area contributed by atoms with Gasteiger partial charge in [0.2, 0.25) is 0 Å². The highest BCUT2D eigenvalue weighted by Gasteiger charge is 2.32. The summed E-state index contributed by atoms with van der Waals surface area (Å²) < 4.78 is 44.5. The number of ether oxygens (including phenoxy) is 1. The number of aryl methyl sites for hydroxylation is 1. The van der Waals surface area contributed by atoms with Gasteiger partial charge in [-0.25, -0.2) is 4.79 Å². The van der Waals surface area contributed by atoms with Crippen molar-refractivity contribution in [2.24, 2.45) is 0 Å². The number of halogens is 3. The van der Waals surface area contributed by atoms with Crippen LogP contribution in [0.25, 0.3) is 11.1 Å². The summed E-state index contributed by atoms with van der Waals surface area (Å²) >= 11 is 0. The maximum atomic E-state index is 13.0. The third kappa shape index (κ3) is 4.93. The first-order valence-electron chi connectivity index (χ1n) is 10.8. The van der Waals surface area contributed by atoms with Gasteiger partial charge >= 0.3 is 12.3 Å². The highest BCUT2D eigenvalue weighted by atomic mass is 19.4. The molecule has 178 valence electrons. The van der Waals surface area contributed by atoms with Gasteiger partial charge < -0.3 is 20.3 Å². The lowest BCUT2D eigenvalue weighted by molar-refractivity contribution is -0.137. The van der Waals surface area contributed by atoms with Crippen molar-refractivity contribution in [3.63, 3.8) is 0 Å². The minimum Gasteiger partial charge on any atom is -0.449 e. The lowest BCUT2D eigenvalue weighted by Gasteiger charge is -2.21. The summed E-state index contributed by atoms with van der Waals surface area (Å²) in [6, 6.07) is 18.8. The molecule has 0 heterocycles. The van der Waals surface area contributed by atoms with Crippen molar-refractivity contribution >= 4 is 6.09 Å². The molecule has 1 amide bonds. The highest BCUT2D eigenvalue weighted by Crippen LogP contribution is 2.44. The molecule has 0 fully saturated rings. The van der Waals surface area contributed by atoms with Crippen molar-refractivity contribution < 1.29 is 32.9 Å². The van der Waals surface area contributed by atoms with Crippen molar-refractivity contribution in [2.45, 2.75) is 31.2 Å². The number of aliphatic hydroxyl groups excluding tert-OH is 2. The average Bonchev–Trinajstić information content (AvgIpc) is 3.13. The molecule has 0 bridgehead atoms. The van der Waals surface area contributed by atoms with Crippen LogP contribution in [0.5, 0.6) is 0 Å². The van der Waals surface area contributed by atoms with Gasteiger partial charge in [0.1, 0.15) is 18.8 Å². The van der Waals surface area contributed by atoms with Gasteiger partial charge in [-0.05, 0) is 46.9 Å². The molecule has 2 atom stereocenters. The second-order valence-corrected chi connectivity index (χ2v) is 8.35. The monoisotopic (exact) mass is 471 g/mol. The third-order valence-corrected chi connectivity index (χ3v) is 5.93. The summed E-state index contributed by atoms with van der Waals surface area (Å²) in [4.78, 5) is 12.3. The molecule has 0 saturated carbocycles. The molecule has 3 aromatic carbocycles. The molecule has 0 spiro atoms. The van der Waals surface area contributed by atoms with Crippen LogP contribution in [0.15, 0.2) is 66.7 Å². The van der Waals surface area contributed by atoms with E-state index in [1.807, 2.05) is 48.5 Å². The fourth-order valence-corrected chi connectivity index (χ4v) is 4.32. The molecular weight excluding hydrogens is 447 g/mol. The molecular formula is C26H24F3NO4. The van der Waals surface area contributed by atoms with Crippen LogP contribution < -0.4 is 5.32 Å². The number of alkyl carbamates (subject to hydrolysis) is 1.